The van der Waals surface area contributed by atoms with Gasteiger partial charge in [0.2, 0.25) is 0 Å². The van der Waals surface area contributed by atoms with E-state index in [4.69, 9.17) is 4.74 Å². The van der Waals surface area contributed by atoms with Gasteiger partial charge in [-0.25, -0.2) is 0 Å². The fourth-order valence-electron chi connectivity index (χ4n) is 0.999. The minimum atomic E-state index is 0.740. The number of hydrogen-bond donors (Lipinski definition) is 0. The van der Waals surface area contributed by atoms with E-state index in [0.29, 0.717) is 0 Å². The van der Waals surface area contributed by atoms with Gasteiger partial charge < -0.3 is 4.74 Å². The molecular weight excluding hydrogens is 232 g/mol. The average molecular weight is 242 g/mol. The van der Waals surface area contributed by atoms with E-state index < -0.39 is 0 Å². The van der Waals surface area contributed by atoms with Crippen molar-refractivity contribution in [3.63, 3.8) is 0 Å². The van der Waals surface area contributed by atoms with Crippen molar-refractivity contribution in [2.24, 2.45) is 0 Å². The average Bonchev–Trinajstić information content (AvgIpc) is 2.79. The van der Waals surface area contributed by atoms with Gasteiger partial charge in [0.1, 0.15) is 0 Å². The first-order valence-corrected chi connectivity index (χ1v) is 6.83. The Morgan fingerprint density at radius 2 is 2.21 bits per heavy atom. The molecule has 0 radical (unpaired) electrons. The van der Waals surface area contributed by atoms with E-state index in [1.165, 1.54) is 8.42 Å². The monoisotopic (exact) mass is 242 g/mol. The summed E-state index contributed by atoms with van der Waals surface area (Å²) >= 11 is 5.27. The van der Waals surface area contributed by atoms with E-state index in [2.05, 4.69) is 23.6 Å². The Balaban J connectivity index is 2.03. The molecule has 0 aromatic carbocycles. The zero-order valence-electron chi connectivity index (χ0n) is 7.73. The summed E-state index contributed by atoms with van der Waals surface area (Å²) in [6.07, 6.45) is 0. The lowest BCUT2D eigenvalue weighted by Gasteiger charge is -1.95. The Morgan fingerprint density at radius 1 is 1.29 bits per heavy atom. The fourth-order valence-corrected chi connectivity index (χ4v) is 4.04. The van der Waals surface area contributed by atoms with E-state index >= 15 is 0 Å². The zero-order valence-corrected chi connectivity index (χ0v) is 10.2. The second-order valence-electron chi connectivity index (χ2n) is 2.54. The van der Waals surface area contributed by atoms with Gasteiger partial charge >= 0.3 is 0 Å². The first-order valence-electron chi connectivity index (χ1n) is 4.32. The van der Waals surface area contributed by atoms with Crippen molar-refractivity contribution in [1.29, 1.82) is 0 Å². The van der Waals surface area contributed by atoms with Crippen LogP contribution in [0.1, 0.15) is 6.92 Å². The third kappa shape index (κ3) is 2.53. The third-order valence-electron chi connectivity index (χ3n) is 1.54. The summed E-state index contributed by atoms with van der Waals surface area (Å²) in [6.45, 7) is 2.75. The van der Waals surface area contributed by atoms with Crippen LogP contribution in [-0.4, -0.2) is 6.61 Å². The van der Waals surface area contributed by atoms with Crippen LogP contribution in [-0.2, 0) is 0 Å². The largest absolute Gasteiger partial charge is 0.484 e. The van der Waals surface area contributed by atoms with E-state index in [0.717, 1.165) is 11.7 Å². The molecule has 2 aromatic heterocycles. The van der Waals surface area contributed by atoms with Crippen LogP contribution in [0.3, 0.4) is 0 Å². The zero-order chi connectivity index (χ0) is 9.80. The number of hydrogen-bond acceptors (Lipinski definition) is 4. The number of ether oxygens (including phenoxy) is 1. The van der Waals surface area contributed by atoms with Gasteiger partial charge in [-0.2, -0.15) is 0 Å². The summed E-state index contributed by atoms with van der Waals surface area (Å²) in [5.74, 6) is 0. The van der Waals surface area contributed by atoms with Crippen LogP contribution >= 0.6 is 34.4 Å². The second-order valence-corrected chi connectivity index (χ2v) is 6.14. The van der Waals surface area contributed by atoms with Gasteiger partial charge in [0.15, 0.2) is 5.06 Å². The molecule has 0 amide bonds. The third-order valence-corrected chi connectivity index (χ3v) is 4.71. The maximum absolute atomic E-state index is 5.41. The molecule has 2 rings (SSSR count). The number of rotatable bonds is 4. The van der Waals surface area contributed by atoms with Gasteiger partial charge in [0.25, 0.3) is 0 Å². The summed E-state index contributed by atoms with van der Waals surface area (Å²) in [5, 5.41) is 3.10. The minimum Gasteiger partial charge on any atom is -0.484 e. The molecule has 0 aliphatic rings. The van der Waals surface area contributed by atoms with Crippen LogP contribution in [0.2, 0.25) is 0 Å². The molecule has 0 unspecified atom stereocenters. The molecule has 4 heteroatoms. The molecular formula is C10H10OS3. The summed E-state index contributed by atoms with van der Waals surface area (Å²) in [5.41, 5.74) is 0. The highest BCUT2D eigenvalue weighted by Gasteiger charge is 2.02. The van der Waals surface area contributed by atoms with Crippen LogP contribution in [0.4, 0.5) is 0 Å². The molecule has 0 N–H and O–H groups in total. The Morgan fingerprint density at radius 3 is 2.93 bits per heavy atom. The van der Waals surface area contributed by atoms with Crippen LogP contribution in [0.15, 0.2) is 38.1 Å². The summed E-state index contributed by atoms with van der Waals surface area (Å²) < 4.78 is 8.03. The van der Waals surface area contributed by atoms with Gasteiger partial charge in [-0.1, -0.05) is 29.2 Å². The SMILES string of the molecule is CCOc1ccc(Sc2cccs2)s1. The lowest BCUT2D eigenvalue weighted by atomic mass is 10.6. The molecule has 2 heterocycles. The molecule has 14 heavy (non-hydrogen) atoms. The maximum atomic E-state index is 5.41. The molecule has 0 aliphatic heterocycles. The standard InChI is InChI=1S/C10H10OS3/c1-2-11-8-5-6-10(13-8)14-9-4-3-7-12-9/h3-7H,2H2,1H3. The van der Waals surface area contributed by atoms with Crippen molar-refractivity contribution in [2.45, 2.75) is 15.3 Å². The molecule has 0 bridgehead atoms. The predicted molar refractivity (Wildman–Crippen MR) is 63.9 cm³/mol. The van der Waals surface area contributed by atoms with Crippen molar-refractivity contribution in [3.8, 4) is 5.06 Å². The van der Waals surface area contributed by atoms with Gasteiger partial charge in [-0.05, 0) is 30.5 Å². The van der Waals surface area contributed by atoms with Crippen LogP contribution in [0.5, 0.6) is 5.06 Å². The Kier molecular flexibility index (Phi) is 3.50. The first kappa shape index (κ1) is 10.1. The lowest BCUT2D eigenvalue weighted by Crippen LogP contribution is -1.86. The normalized spacial score (nSPS) is 10.4. The quantitative estimate of drug-likeness (QED) is 0.788. The Bertz CT molecular complexity index is 378. The van der Waals surface area contributed by atoms with Crippen molar-refractivity contribution < 1.29 is 4.74 Å². The molecule has 0 fully saturated rings. The minimum absolute atomic E-state index is 0.740. The van der Waals surface area contributed by atoms with Crippen molar-refractivity contribution in [2.75, 3.05) is 6.61 Å². The summed E-state index contributed by atoms with van der Waals surface area (Å²) in [4.78, 5) is 0. The van der Waals surface area contributed by atoms with E-state index in [1.54, 1.807) is 34.4 Å². The molecule has 2 aromatic rings. The van der Waals surface area contributed by atoms with Crippen LogP contribution in [0, 0.1) is 0 Å². The molecule has 0 atom stereocenters. The predicted octanol–water partition coefficient (Wildman–Crippen LogP) is 4.36. The molecule has 0 saturated heterocycles. The van der Waals surface area contributed by atoms with Gasteiger partial charge in [0.05, 0.1) is 15.0 Å². The summed E-state index contributed by atoms with van der Waals surface area (Å²) in [7, 11) is 0. The van der Waals surface area contributed by atoms with Crippen molar-refractivity contribution >= 4 is 34.4 Å². The van der Waals surface area contributed by atoms with Gasteiger partial charge in [-0.15, -0.1) is 11.3 Å². The Labute approximate surface area is 95.7 Å². The maximum Gasteiger partial charge on any atom is 0.174 e. The molecule has 74 valence electrons. The van der Waals surface area contributed by atoms with Crippen molar-refractivity contribution in [3.05, 3.63) is 29.6 Å². The molecule has 0 aliphatic carbocycles. The molecule has 0 saturated carbocycles. The number of thiophene rings is 2. The topological polar surface area (TPSA) is 9.23 Å². The summed E-state index contributed by atoms with van der Waals surface area (Å²) in [6, 6.07) is 8.35. The molecule has 0 spiro atoms. The highest BCUT2D eigenvalue weighted by atomic mass is 32.2. The highest BCUT2D eigenvalue weighted by Crippen LogP contribution is 2.38. The molecule has 1 nitrogen and oxygen atoms in total. The van der Waals surface area contributed by atoms with E-state index in [1.807, 2.05) is 13.0 Å². The highest BCUT2D eigenvalue weighted by molar-refractivity contribution is 8.02. The van der Waals surface area contributed by atoms with Crippen LogP contribution < -0.4 is 4.74 Å². The first-order chi connectivity index (χ1) is 6.88. The van der Waals surface area contributed by atoms with Crippen LogP contribution in [0.25, 0.3) is 0 Å². The fraction of sp³-hybridized carbons (Fsp3) is 0.200. The van der Waals surface area contributed by atoms with E-state index in [-0.39, 0.29) is 0 Å². The Hall–Kier alpha value is -0.450. The van der Waals surface area contributed by atoms with Gasteiger partial charge in [0, 0.05) is 0 Å². The lowest BCUT2D eigenvalue weighted by molar-refractivity contribution is 0.350. The van der Waals surface area contributed by atoms with Gasteiger partial charge in [-0.3, -0.25) is 0 Å². The second kappa shape index (κ2) is 4.87. The van der Waals surface area contributed by atoms with Crippen molar-refractivity contribution in [1.82, 2.24) is 0 Å². The smallest absolute Gasteiger partial charge is 0.174 e. The van der Waals surface area contributed by atoms with E-state index in [9.17, 15) is 0 Å².